The molecule has 0 amide bonds. The van der Waals surface area contributed by atoms with Crippen LogP contribution >= 0.6 is 27.3 Å². The van der Waals surface area contributed by atoms with Crippen LogP contribution < -0.4 is 5.32 Å². The lowest BCUT2D eigenvalue weighted by molar-refractivity contribution is 0.354. The molecule has 90 valence electrons. The Morgan fingerprint density at radius 1 is 1.38 bits per heavy atom. The minimum absolute atomic E-state index is 0.479. The van der Waals surface area contributed by atoms with Crippen LogP contribution in [0.1, 0.15) is 50.4 Å². The van der Waals surface area contributed by atoms with E-state index >= 15 is 0 Å². The van der Waals surface area contributed by atoms with E-state index in [-0.39, 0.29) is 0 Å². The summed E-state index contributed by atoms with van der Waals surface area (Å²) in [5, 5.41) is 5.90. The normalized spacial score (nSPS) is 21.2. The lowest BCUT2D eigenvalue weighted by Crippen LogP contribution is -2.33. The van der Waals surface area contributed by atoms with Gasteiger partial charge in [0, 0.05) is 26.8 Å². The molecule has 1 unspecified atom stereocenters. The fourth-order valence-electron chi connectivity index (χ4n) is 2.63. The third-order valence-electron chi connectivity index (χ3n) is 3.63. The van der Waals surface area contributed by atoms with Gasteiger partial charge in [0.2, 0.25) is 0 Å². The molecule has 1 nitrogen and oxygen atoms in total. The van der Waals surface area contributed by atoms with Crippen LogP contribution in [-0.4, -0.2) is 6.04 Å². The van der Waals surface area contributed by atoms with E-state index in [1.807, 2.05) is 11.3 Å². The highest BCUT2D eigenvalue weighted by Crippen LogP contribution is 2.30. The van der Waals surface area contributed by atoms with Crippen LogP contribution in [0.4, 0.5) is 0 Å². The molecular weight excluding hydrogens is 282 g/mol. The summed E-state index contributed by atoms with van der Waals surface area (Å²) in [4.78, 5) is 1.43. The van der Waals surface area contributed by atoms with Gasteiger partial charge in [-0.3, -0.25) is 0 Å². The maximum Gasteiger partial charge on any atom is 0.0388 e. The SMILES string of the molecule is CC(N[C@@H](C)C1CCCC1)c1cc(Br)cs1. The first-order chi connectivity index (χ1) is 7.66. The first-order valence-electron chi connectivity index (χ1n) is 6.17. The Bertz CT molecular complexity index is 330. The number of hydrogen-bond donors (Lipinski definition) is 1. The Labute approximate surface area is 111 Å². The molecule has 1 aliphatic carbocycles. The zero-order chi connectivity index (χ0) is 11.5. The summed E-state index contributed by atoms with van der Waals surface area (Å²) >= 11 is 5.35. The Kier molecular flexibility index (Phi) is 4.45. The number of halogens is 1. The highest BCUT2D eigenvalue weighted by molar-refractivity contribution is 9.10. The molecule has 0 radical (unpaired) electrons. The van der Waals surface area contributed by atoms with Crippen LogP contribution in [0.15, 0.2) is 15.9 Å². The average molecular weight is 302 g/mol. The van der Waals surface area contributed by atoms with E-state index < -0.39 is 0 Å². The van der Waals surface area contributed by atoms with Crippen molar-refractivity contribution in [2.45, 2.75) is 51.6 Å². The first-order valence-corrected chi connectivity index (χ1v) is 7.84. The molecule has 2 rings (SSSR count). The highest BCUT2D eigenvalue weighted by atomic mass is 79.9. The van der Waals surface area contributed by atoms with Crippen molar-refractivity contribution >= 4 is 27.3 Å². The van der Waals surface area contributed by atoms with Crippen molar-refractivity contribution < 1.29 is 0 Å². The van der Waals surface area contributed by atoms with Gasteiger partial charge in [0.1, 0.15) is 0 Å². The Hall–Kier alpha value is 0.140. The molecule has 0 saturated heterocycles. The van der Waals surface area contributed by atoms with Gasteiger partial charge in [-0.1, -0.05) is 12.8 Å². The Balaban J connectivity index is 1.88. The molecule has 1 N–H and O–H groups in total. The van der Waals surface area contributed by atoms with Crippen molar-refractivity contribution in [3.05, 3.63) is 20.8 Å². The van der Waals surface area contributed by atoms with Gasteiger partial charge < -0.3 is 5.32 Å². The molecule has 1 aliphatic rings. The van der Waals surface area contributed by atoms with E-state index in [1.54, 1.807) is 0 Å². The van der Waals surface area contributed by atoms with Gasteiger partial charge in [-0.15, -0.1) is 11.3 Å². The van der Waals surface area contributed by atoms with E-state index in [0.717, 1.165) is 5.92 Å². The van der Waals surface area contributed by atoms with Crippen molar-refractivity contribution in [2.75, 3.05) is 0 Å². The maximum atomic E-state index is 3.74. The minimum Gasteiger partial charge on any atom is -0.307 e. The molecule has 0 aromatic carbocycles. The van der Waals surface area contributed by atoms with Crippen molar-refractivity contribution in [1.82, 2.24) is 5.32 Å². The lowest BCUT2D eigenvalue weighted by atomic mass is 9.99. The second-order valence-corrected chi connectivity index (χ2v) is 6.75. The fourth-order valence-corrected chi connectivity index (χ4v) is 4.09. The minimum atomic E-state index is 0.479. The summed E-state index contributed by atoms with van der Waals surface area (Å²) in [7, 11) is 0. The van der Waals surface area contributed by atoms with Gasteiger partial charge in [-0.25, -0.2) is 0 Å². The quantitative estimate of drug-likeness (QED) is 0.847. The largest absolute Gasteiger partial charge is 0.307 e. The van der Waals surface area contributed by atoms with Gasteiger partial charge in [-0.2, -0.15) is 0 Å². The van der Waals surface area contributed by atoms with Crippen molar-refractivity contribution in [2.24, 2.45) is 5.92 Å². The predicted molar refractivity (Wildman–Crippen MR) is 75.0 cm³/mol. The maximum absolute atomic E-state index is 3.74. The molecule has 16 heavy (non-hydrogen) atoms. The standard InChI is InChI=1S/C13H20BrNS/c1-9(11-5-3-4-6-11)15-10(2)13-7-12(14)8-16-13/h7-11,15H,3-6H2,1-2H3/t9-,10?/m0/s1. The van der Waals surface area contributed by atoms with Gasteiger partial charge >= 0.3 is 0 Å². The molecule has 3 heteroatoms. The lowest BCUT2D eigenvalue weighted by Gasteiger charge is -2.24. The van der Waals surface area contributed by atoms with E-state index in [1.165, 1.54) is 35.0 Å². The monoisotopic (exact) mass is 301 g/mol. The summed E-state index contributed by atoms with van der Waals surface area (Å²) < 4.78 is 1.20. The average Bonchev–Trinajstić information content (AvgIpc) is 2.87. The summed E-state index contributed by atoms with van der Waals surface area (Å²) in [5.74, 6) is 0.894. The number of rotatable bonds is 4. The molecule has 1 aromatic rings. The zero-order valence-corrected chi connectivity index (χ0v) is 12.4. The first kappa shape index (κ1) is 12.6. The van der Waals surface area contributed by atoms with Crippen molar-refractivity contribution in [3.63, 3.8) is 0 Å². The van der Waals surface area contributed by atoms with Crippen LogP contribution in [-0.2, 0) is 0 Å². The highest BCUT2D eigenvalue weighted by Gasteiger charge is 2.23. The smallest absolute Gasteiger partial charge is 0.0388 e. The molecule has 1 saturated carbocycles. The van der Waals surface area contributed by atoms with Crippen LogP contribution in [0.25, 0.3) is 0 Å². The number of thiophene rings is 1. The van der Waals surface area contributed by atoms with E-state index in [2.05, 4.69) is 46.5 Å². The predicted octanol–water partition coefficient (Wildman–Crippen LogP) is 4.74. The third-order valence-corrected chi connectivity index (χ3v) is 5.51. The second kappa shape index (κ2) is 5.65. The van der Waals surface area contributed by atoms with E-state index in [0.29, 0.717) is 12.1 Å². The molecule has 1 aromatic heterocycles. The molecule has 0 bridgehead atoms. The van der Waals surface area contributed by atoms with Gasteiger partial charge in [0.05, 0.1) is 0 Å². The number of nitrogens with one attached hydrogen (secondary N) is 1. The molecule has 1 heterocycles. The molecule has 0 spiro atoms. The van der Waals surface area contributed by atoms with Gasteiger partial charge in [-0.05, 0) is 54.6 Å². The van der Waals surface area contributed by atoms with Crippen LogP contribution in [0, 0.1) is 5.92 Å². The fraction of sp³-hybridized carbons (Fsp3) is 0.692. The van der Waals surface area contributed by atoms with Gasteiger partial charge in [0.25, 0.3) is 0 Å². The second-order valence-electron chi connectivity index (χ2n) is 4.89. The van der Waals surface area contributed by atoms with Crippen molar-refractivity contribution in [3.8, 4) is 0 Å². The Morgan fingerprint density at radius 2 is 2.06 bits per heavy atom. The molecule has 0 aliphatic heterocycles. The van der Waals surface area contributed by atoms with E-state index in [9.17, 15) is 0 Å². The summed E-state index contributed by atoms with van der Waals surface area (Å²) in [6, 6.07) is 3.36. The molecule has 2 atom stereocenters. The molecule has 1 fully saturated rings. The van der Waals surface area contributed by atoms with Crippen molar-refractivity contribution in [1.29, 1.82) is 0 Å². The summed E-state index contributed by atoms with van der Waals surface area (Å²) in [6.07, 6.45) is 5.68. The van der Waals surface area contributed by atoms with Gasteiger partial charge in [0.15, 0.2) is 0 Å². The van der Waals surface area contributed by atoms with E-state index in [4.69, 9.17) is 0 Å². The van der Waals surface area contributed by atoms with Crippen LogP contribution in [0.2, 0.25) is 0 Å². The topological polar surface area (TPSA) is 12.0 Å². The van der Waals surface area contributed by atoms with Crippen LogP contribution in [0.5, 0.6) is 0 Å². The number of hydrogen-bond acceptors (Lipinski definition) is 2. The summed E-state index contributed by atoms with van der Waals surface area (Å²) in [6.45, 7) is 4.61. The summed E-state index contributed by atoms with van der Waals surface area (Å²) in [5.41, 5.74) is 0. The van der Waals surface area contributed by atoms with Crippen LogP contribution in [0.3, 0.4) is 0 Å². The third kappa shape index (κ3) is 3.08. The Morgan fingerprint density at radius 3 is 2.62 bits per heavy atom. The zero-order valence-electron chi connectivity index (χ0n) is 10.0. The molecular formula is C13H20BrNS.